The summed E-state index contributed by atoms with van der Waals surface area (Å²) in [6.07, 6.45) is 5.87. The predicted octanol–water partition coefficient (Wildman–Crippen LogP) is 7.86. The molecule has 2 atom stereocenters. The Morgan fingerprint density at radius 3 is 1.29 bits per heavy atom. The Morgan fingerprint density at radius 1 is 0.821 bits per heavy atom. The first-order valence-corrected chi connectivity index (χ1v) is 21.4. The summed E-state index contributed by atoms with van der Waals surface area (Å²) in [6.45, 7) is 23.8. The van der Waals surface area contributed by atoms with Crippen molar-refractivity contribution in [3.63, 3.8) is 0 Å². The number of ether oxygens (including phenoxy) is 2. The average molecular weight is 506 g/mol. The third-order valence-corrected chi connectivity index (χ3v) is 5.73. The Hall–Kier alpha value is 1.57. The van der Waals surface area contributed by atoms with E-state index in [2.05, 4.69) is 53.1 Å². The van der Waals surface area contributed by atoms with Gasteiger partial charge in [0.1, 0.15) is 0 Å². The van der Waals surface area contributed by atoms with Crippen LogP contribution in [0.4, 0.5) is 0 Å². The van der Waals surface area contributed by atoms with E-state index in [1.54, 1.807) is 0 Å². The van der Waals surface area contributed by atoms with E-state index in [0.29, 0.717) is 12.1 Å². The van der Waals surface area contributed by atoms with Gasteiger partial charge in [-0.2, -0.15) is 12.8 Å². The van der Waals surface area contributed by atoms with Gasteiger partial charge in [-0.25, -0.2) is 13.2 Å². The molecule has 2 aliphatic heterocycles. The third kappa shape index (κ3) is 29.8. The van der Waals surface area contributed by atoms with Crippen molar-refractivity contribution < 1.29 is 26.5 Å². The van der Waals surface area contributed by atoms with Crippen molar-refractivity contribution in [1.29, 1.82) is 0 Å². The van der Waals surface area contributed by atoms with Crippen LogP contribution in [-0.2, 0) is 26.5 Å². The van der Waals surface area contributed by atoms with Gasteiger partial charge in [0.2, 0.25) is 0 Å². The quantitative estimate of drug-likeness (QED) is 0.272. The minimum absolute atomic E-state index is 0.478. The topological polar surface area (TPSA) is 46.7 Å². The van der Waals surface area contributed by atoms with Crippen molar-refractivity contribution in [3.05, 3.63) is 23.2 Å². The van der Waals surface area contributed by atoms with Crippen LogP contribution in [0.5, 0.6) is 0 Å². The molecule has 4 nitrogen and oxygen atoms in total. The van der Waals surface area contributed by atoms with Crippen LogP contribution in [0.25, 0.3) is 9.96 Å². The van der Waals surface area contributed by atoms with Gasteiger partial charge in [-0.1, -0.05) is 88.9 Å². The first-order valence-electron chi connectivity index (χ1n) is 10.2. The Morgan fingerprint density at radius 2 is 1.14 bits per heavy atom. The van der Waals surface area contributed by atoms with Gasteiger partial charge in [0.15, 0.2) is 0 Å². The number of nitrogens with zero attached hydrogens (tertiary/aromatic N) is 2. The zero-order valence-corrected chi connectivity index (χ0v) is 24.3. The van der Waals surface area contributed by atoms with E-state index in [4.69, 9.17) is 38.0 Å². The van der Waals surface area contributed by atoms with Crippen LogP contribution in [0, 0.1) is 13.2 Å². The van der Waals surface area contributed by atoms with Gasteiger partial charge in [0, 0.05) is 13.2 Å². The maximum absolute atomic E-state index is 4.89. The van der Waals surface area contributed by atoms with Crippen LogP contribution in [0.15, 0.2) is 0 Å². The SMILES string of the molecule is C[C@H](C[C@@H](C)[N-][Si](C)(C)C)[N-][Si](C)(C)C.[CH-]1CCCO1.[CH-]1CCCO1.[Cl][Ti+4][Cl]. The van der Waals surface area contributed by atoms with Crippen LogP contribution in [0.1, 0.15) is 46.0 Å². The summed E-state index contributed by atoms with van der Waals surface area (Å²) in [5, 5.41) is 0. The zero-order valence-electron chi connectivity index (χ0n) is 19.2. The van der Waals surface area contributed by atoms with Crippen molar-refractivity contribution in [2.75, 3.05) is 13.2 Å². The van der Waals surface area contributed by atoms with Crippen molar-refractivity contribution in [2.24, 2.45) is 0 Å². The van der Waals surface area contributed by atoms with E-state index in [1.807, 2.05) is 13.2 Å². The number of hydrogen-bond acceptors (Lipinski definition) is 2. The molecular weight excluding hydrogens is 463 g/mol. The van der Waals surface area contributed by atoms with Crippen LogP contribution in [0.2, 0.25) is 39.3 Å². The van der Waals surface area contributed by atoms with Crippen molar-refractivity contribution in [2.45, 2.75) is 97.3 Å². The first-order chi connectivity index (χ1) is 12.9. The fourth-order valence-electron chi connectivity index (χ4n) is 2.75. The molecule has 0 N–H and O–H groups in total. The monoisotopic (exact) mass is 504 g/mol. The van der Waals surface area contributed by atoms with Gasteiger partial charge in [-0.3, -0.25) is 0 Å². The second-order valence-corrected chi connectivity index (χ2v) is 20.7. The minimum atomic E-state index is -1.25. The number of halogens is 2. The Labute approximate surface area is 194 Å². The van der Waals surface area contributed by atoms with E-state index >= 15 is 0 Å². The summed E-state index contributed by atoms with van der Waals surface area (Å²) in [6, 6.07) is 0.957. The molecule has 2 heterocycles. The predicted molar refractivity (Wildman–Crippen MR) is 128 cm³/mol. The molecule has 0 aromatic rings. The summed E-state index contributed by atoms with van der Waals surface area (Å²) < 4.78 is 9.64. The molecule has 0 aliphatic carbocycles. The van der Waals surface area contributed by atoms with Gasteiger partial charge >= 0.3 is 35.6 Å². The third-order valence-electron chi connectivity index (χ3n) is 3.30. The molecule has 0 radical (unpaired) electrons. The van der Waals surface area contributed by atoms with Crippen molar-refractivity contribution in [1.82, 2.24) is 0 Å². The van der Waals surface area contributed by atoms with Gasteiger partial charge in [0.25, 0.3) is 0 Å². The van der Waals surface area contributed by atoms with E-state index < -0.39 is 33.5 Å². The molecule has 0 aromatic carbocycles. The van der Waals surface area contributed by atoms with Gasteiger partial charge in [0.05, 0.1) is 0 Å². The van der Waals surface area contributed by atoms with Gasteiger partial charge in [-0.05, 0) is 0 Å². The molecule has 0 spiro atoms. The molecule has 0 amide bonds. The molecule has 0 bridgehead atoms. The molecule has 166 valence electrons. The summed E-state index contributed by atoms with van der Waals surface area (Å²) in [5.74, 6) is 0. The Kier molecular flexibility index (Phi) is 21.9. The van der Waals surface area contributed by atoms with Gasteiger partial charge < -0.3 is 19.4 Å². The summed E-state index contributed by atoms with van der Waals surface area (Å²) >= 11 is -0.556. The molecule has 2 aliphatic rings. The first kappa shape index (κ1) is 31.8. The van der Waals surface area contributed by atoms with E-state index in [0.717, 1.165) is 32.5 Å². The van der Waals surface area contributed by atoms with E-state index in [1.165, 1.54) is 12.8 Å². The van der Waals surface area contributed by atoms with E-state index in [-0.39, 0.29) is 0 Å². The molecule has 28 heavy (non-hydrogen) atoms. The number of hydrogen-bond donors (Lipinski definition) is 0. The van der Waals surface area contributed by atoms with Crippen LogP contribution < -0.4 is 0 Å². The number of rotatable bonds is 6. The fourth-order valence-corrected chi connectivity index (χ4v) is 5.61. The molecule has 9 heteroatoms. The second-order valence-electron chi connectivity index (χ2n) is 8.96. The molecule has 2 saturated heterocycles. The molecular formula is C19H42Cl2N2O2Si2Ti. The molecule has 2 rings (SSSR count). The molecule has 0 aromatic heterocycles. The summed E-state index contributed by atoms with van der Waals surface area (Å²) in [7, 11) is 7.28. The van der Waals surface area contributed by atoms with Crippen molar-refractivity contribution >= 4 is 35.1 Å². The van der Waals surface area contributed by atoms with Crippen molar-refractivity contribution in [3.8, 4) is 0 Å². The zero-order chi connectivity index (χ0) is 22.1. The fraction of sp³-hybridized carbons (Fsp3) is 0.895. The van der Waals surface area contributed by atoms with Crippen LogP contribution in [-0.4, -0.2) is 41.8 Å². The maximum atomic E-state index is 4.89. The normalized spacial score (nSPS) is 18.8. The molecule has 0 unspecified atom stereocenters. The average Bonchev–Trinajstić information content (AvgIpc) is 3.23. The molecule has 2 fully saturated rings. The standard InChI is InChI=1S/C11H28N2Si2.2C4H7O.2ClH.Ti/c1-10(12-14(3,4)5)9-11(2)13-15(6,7)8;2*1-2-4-5-3-1;;;/h10-11H,9H2,1-8H3;2*3H,1-2,4H2;2*1H;/q-2;2*-1;;;+6/p-2/t10-,11-;;;;;/m1...../s1. The van der Waals surface area contributed by atoms with Crippen LogP contribution in [0.3, 0.4) is 0 Å². The van der Waals surface area contributed by atoms with Gasteiger partial charge in [-0.15, -0.1) is 12.1 Å². The molecule has 0 saturated carbocycles. The second kappa shape index (κ2) is 19.3. The Balaban J connectivity index is 0. The summed E-state index contributed by atoms with van der Waals surface area (Å²) in [4.78, 5) is 9.75. The van der Waals surface area contributed by atoms with E-state index in [9.17, 15) is 0 Å². The Bertz CT molecular complexity index is 294. The summed E-state index contributed by atoms with van der Waals surface area (Å²) in [5.41, 5.74) is 0. The van der Waals surface area contributed by atoms with Crippen LogP contribution >= 0.6 is 18.6 Å².